The maximum absolute atomic E-state index is 9.12. The van der Waals surface area contributed by atoms with Crippen molar-refractivity contribution in [3.05, 3.63) is 17.7 Å². The molecule has 0 saturated carbocycles. The van der Waals surface area contributed by atoms with E-state index in [1.165, 1.54) is 0 Å². The summed E-state index contributed by atoms with van der Waals surface area (Å²) >= 11 is 0. The molecule has 0 amide bonds. The van der Waals surface area contributed by atoms with Crippen molar-refractivity contribution >= 4 is 5.69 Å². The third kappa shape index (κ3) is 1.75. The van der Waals surface area contributed by atoms with Gasteiger partial charge in [0.25, 0.3) is 0 Å². The fourth-order valence-electron chi connectivity index (χ4n) is 2.05. The summed E-state index contributed by atoms with van der Waals surface area (Å²) in [6, 6.07) is 6.18. The van der Waals surface area contributed by atoms with Crippen molar-refractivity contribution in [2.45, 2.75) is 6.92 Å². The third-order valence-electron chi connectivity index (χ3n) is 3.33. The molecule has 0 aromatic heterocycles. The van der Waals surface area contributed by atoms with Crippen molar-refractivity contribution in [1.82, 2.24) is 0 Å². The van der Waals surface area contributed by atoms with Gasteiger partial charge in [-0.25, -0.2) is 0 Å². The number of ether oxygens (including phenoxy) is 3. The Morgan fingerprint density at radius 1 is 1.33 bits per heavy atom. The van der Waals surface area contributed by atoms with Crippen molar-refractivity contribution < 1.29 is 14.2 Å². The van der Waals surface area contributed by atoms with Crippen LogP contribution in [0.15, 0.2) is 12.1 Å². The predicted octanol–water partition coefficient (Wildman–Crippen LogP) is 1.68. The first kappa shape index (κ1) is 11.2. The molecule has 1 fully saturated rings. The first-order valence-corrected chi connectivity index (χ1v) is 5.86. The highest BCUT2D eigenvalue weighted by Gasteiger charge is 2.38. The lowest BCUT2D eigenvalue weighted by Gasteiger charge is -2.35. The van der Waals surface area contributed by atoms with Crippen LogP contribution in [0.2, 0.25) is 0 Å². The Kier molecular flexibility index (Phi) is 2.53. The lowest BCUT2D eigenvalue weighted by Crippen LogP contribution is -2.46. The molecule has 1 aromatic rings. The first-order chi connectivity index (χ1) is 8.72. The fraction of sp³-hybridized carbons (Fsp3) is 0.462. The molecule has 0 spiro atoms. The number of rotatable bonds is 3. The average molecular weight is 246 g/mol. The highest BCUT2D eigenvalue weighted by atomic mass is 16.7. The van der Waals surface area contributed by atoms with Crippen LogP contribution in [0.1, 0.15) is 5.56 Å². The Morgan fingerprint density at radius 2 is 2.06 bits per heavy atom. The molecule has 2 aliphatic rings. The topological polar surface area (TPSA) is 63.5 Å². The summed E-state index contributed by atoms with van der Waals surface area (Å²) in [5, 5.41) is 12.4. The second-order valence-corrected chi connectivity index (χ2v) is 4.76. The smallest absolute Gasteiger partial charge is 0.231 e. The Balaban J connectivity index is 1.75. The summed E-state index contributed by atoms with van der Waals surface area (Å²) in [7, 11) is 0. The number of anilines is 1. The lowest BCUT2D eigenvalue weighted by atomic mass is 9.88. The van der Waals surface area contributed by atoms with E-state index in [0.717, 1.165) is 22.7 Å². The summed E-state index contributed by atoms with van der Waals surface area (Å²) in [6.07, 6.45) is 0. The molecular formula is C13H14N2O3. The maximum Gasteiger partial charge on any atom is 0.231 e. The first-order valence-electron chi connectivity index (χ1n) is 5.86. The van der Waals surface area contributed by atoms with Gasteiger partial charge in [-0.15, -0.1) is 0 Å². The van der Waals surface area contributed by atoms with E-state index in [-0.39, 0.29) is 12.2 Å². The number of aryl methyl sites for hydroxylation is 1. The fourth-order valence-corrected chi connectivity index (χ4v) is 2.05. The molecule has 5 heteroatoms. The molecule has 1 saturated heterocycles. The van der Waals surface area contributed by atoms with E-state index in [9.17, 15) is 0 Å². The minimum absolute atomic E-state index is 0.272. The highest BCUT2D eigenvalue weighted by Crippen LogP contribution is 2.37. The molecule has 1 N–H and O–H groups in total. The summed E-state index contributed by atoms with van der Waals surface area (Å²) in [6.45, 7) is 3.86. The van der Waals surface area contributed by atoms with E-state index < -0.39 is 0 Å². The summed E-state index contributed by atoms with van der Waals surface area (Å²) in [4.78, 5) is 0. The molecule has 0 aliphatic carbocycles. The number of nitriles is 1. The Bertz CT molecular complexity index is 518. The predicted molar refractivity (Wildman–Crippen MR) is 64.7 cm³/mol. The number of nitrogens with zero attached hydrogens (tertiary/aromatic N) is 1. The summed E-state index contributed by atoms with van der Waals surface area (Å²) in [5.74, 6) is 1.53. The Labute approximate surface area is 105 Å². The number of hydrogen-bond acceptors (Lipinski definition) is 5. The molecule has 0 radical (unpaired) electrons. The average Bonchev–Trinajstić information content (AvgIpc) is 2.75. The van der Waals surface area contributed by atoms with E-state index in [2.05, 4.69) is 11.4 Å². The SMILES string of the molecule is Cc1cc2c(cc1NCC1(C#N)COC1)OCO2. The Hall–Kier alpha value is -1.93. The van der Waals surface area contributed by atoms with Crippen LogP contribution < -0.4 is 14.8 Å². The van der Waals surface area contributed by atoms with Crippen molar-refractivity contribution in [2.24, 2.45) is 5.41 Å². The van der Waals surface area contributed by atoms with Crippen LogP contribution in [-0.4, -0.2) is 26.6 Å². The number of fused-ring (bicyclic) bond motifs is 1. The second-order valence-electron chi connectivity index (χ2n) is 4.76. The van der Waals surface area contributed by atoms with Crippen LogP contribution in [-0.2, 0) is 4.74 Å². The molecule has 18 heavy (non-hydrogen) atoms. The third-order valence-corrected chi connectivity index (χ3v) is 3.33. The molecule has 2 aliphatic heterocycles. The van der Waals surface area contributed by atoms with Gasteiger partial charge in [0.1, 0.15) is 5.41 Å². The van der Waals surface area contributed by atoms with Crippen molar-refractivity contribution in [2.75, 3.05) is 31.9 Å². The zero-order valence-corrected chi connectivity index (χ0v) is 10.2. The summed E-state index contributed by atoms with van der Waals surface area (Å²) < 4.78 is 15.8. The highest BCUT2D eigenvalue weighted by molar-refractivity contribution is 5.61. The van der Waals surface area contributed by atoms with E-state index >= 15 is 0 Å². The van der Waals surface area contributed by atoms with E-state index in [4.69, 9.17) is 19.5 Å². The maximum atomic E-state index is 9.12. The monoisotopic (exact) mass is 246 g/mol. The van der Waals surface area contributed by atoms with Crippen molar-refractivity contribution in [3.63, 3.8) is 0 Å². The van der Waals surface area contributed by atoms with Gasteiger partial charge in [-0.2, -0.15) is 5.26 Å². The van der Waals surface area contributed by atoms with Gasteiger partial charge in [0.2, 0.25) is 6.79 Å². The lowest BCUT2D eigenvalue weighted by molar-refractivity contribution is -0.0690. The van der Waals surface area contributed by atoms with Gasteiger partial charge < -0.3 is 19.5 Å². The molecule has 94 valence electrons. The van der Waals surface area contributed by atoms with Gasteiger partial charge in [-0.1, -0.05) is 0 Å². The second kappa shape index (κ2) is 4.07. The minimum Gasteiger partial charge on any atom is -0.454 e. The van der Waals surface area contributed by atoms with Gasteiger partial charge in [0.05, 0.1) is 19.3 Å². The molecule has 0 atom stereocenters. The minimum atomic E-state index is -0.386. The number of nitrogens with one attached hydrogen (secondary N) is 1. The van der Waals surface area contributed by atoms with Gasteiger partial charge in [0, 0.05) is 18.3 Å². The standard InChI is InChI=1S/C13H14N2O3/c1-9-2-11-12(18-8-17-11)3-10(9)15-5-13(4-14)6-16-7-13/h2-3,15H,5-8H2,1H3. The van der Waals surface area contributed by atoms with E-state index in [0.29, 0.717) is 19.8 Å². The van der Waals surface area contributed by atoms with Crippen LogP contribution in [0, 0.1) is 23.7 Å². The van der Waals surface area contributed by atoms with Gasteiger partial charge in [-0.3, -0.25) is 0 Å². The number of benzene rings is 1. The molecule has 1 aromatic carbocycles. The quantitative estimate of drug-likeness (QED) is 0.879. The van der Waals surface area contributed by atoms with Gasteiger partial charge >= 0.3 is 0 Å². The molecule has 0 bridgehead atoms. The van der Waals surface area contributed by atoms with Crippen LogP contribution in [0.5, 0.6) is 11.5 Å². The van der Waals surface area contributed by atoms with Crippen molar-refractivity contribution in [3.8, 4) is 17.6 Å². The van der Waals surface area contributed by atoms with Gasteiger partial charge in [-0.05, 0) is 18.6 Å². The normalized spacial score (nSPS) is 18.9. The van der Waals surface area contributed by atoms with Crippen LogP contribution in [0.3, 0.4) is 0 Å². The molecule has 2 heterocycles. The van der Waals surface area contributed by atoms with Crippen LogP contribution >= 0.6 is 0 Å². The molecular weight excluding hydrogens is 232 g/mol. The van der Waals surface area contributed by atoms with E-state index in [1.807, 2.05) is 19.1 Å². The van der Waals surface area contributed by atoms with Crippen LogP contribution in [0.4, 0.5) is 5.69 Å². The van der Waals surface area contributed by atoms with Crippen molar-refractivity contribution in [1.29, 1.82) is 5.26 Å². The zero-order valence-electron chi connectivity index (χ0n) is 10.2. The summed E-state index contributed by atoms with van der Waals surface area (Å²) in [5.41, 5.74) is 1.66. The largest absolute Gasteiger partial charge is 0.454 e. The Morgan fingerprint density at radius 3 is 2.67 bits per heavy atom. The molecule has 0 unspecified atom stereocenters. The molecule has 3 rings (SSSR count). The van der Waals surface area contributed by atoms with Crippen LogP contribution in [0.25, 0.3) is 0 Å². The molecule has 5 nitrogen and oxygen atoms in total. The number of hydrogen-bond donors (Lipinski definition) is 1. The zero-order chi connectivity index (χ0) is 12.6. The van der Waals surface area contributed by atoms with Gasteiger partial charge in [0.15, 0.2) is 11.5 Å². The van der Waals surface area contributed by atoms with E-state index in [1.54, 1.807) is 0 Å².